The maximum Gasteiger partial charge on any atom is 0.0947 e. The summed E-state index contributed by atoms with van der Waals surface area (Å²) in [5.41, 5.74) is 7.57. The van der Waals surface area contributed by atoms with Gasteiger partial charge in [-0.05, 0) is 40.8 Å². The Hall–Kier alpha value is -0.450. The van der Waals surface area contributed by atoms with Crippen molar-refractivity contribution in [3.05, 3.63) is 15.6 Å². The highest BCUT2D eigenvalue weighted by atomic mass is 32.1. The van der Waals surface area contributed by atoms with Crippen molar-refractivity contribution in [3.63, 3.8) is 0 Å². The van der Waals surface area contributed by atoms with Crippen LogP contribution in [-0.4, -0.2) is 34.6 Å². The Kier molecular flexibility index (Phi) is 5.32. The third-order valence-electron chi connectivity index (χ3n) is 3.95. The lowest BCUT2D eigenvalue weighted by Gasteiger charge is -2.41. The molecule has 104 valence electrons. The van der Waals surface area contributed by atoms with Gasteiger partial charge in [0.1, 0.15) is 0 Å². The molecule has 2 N–H and O–H groups in total. The number of hydrogen-bond donors (Lipinski definition) is 1. The van der Waals surface area contributed by atoms with E-state index in [2.05, 4.69) is 51.4 Å². The van der Waals surface area contributed by atoms with Gasteiger partial charge in [-0.2, -0.15) is 0 Å². The van der Waals surface area contributed by atoms with Gasteiger partial charge in [-0.15, -0.1) is 11.3 Å². The molecule has 0 aliphatic heterocycles. The van der Waals surface area contributed by atoms with Crippen LogP contribution in [0.3, 0.4) is 0 Å². The molecule has 1 aromatic heterocycles. The Morgan fingerprint density at radius 1 is 1.28 bits per heavy atom. The maximum atomic E-state index is 6.42. The predicted molar refractivity (Wildman–Crippen MR) is 80.3 cm³/mol. The Morgan fingerprint density at radius 2 is 1.83 bits per heavy atom. The van der Waals surface area contributed by atoms with Gasteiger partial charge in [0.25, 0.3) is 0 Å². The van der Waals surface area contributed by atoms with Gasteiger partial charge in [-0.3, -0.25) is 4.90 Å². The summed E-state index contributed by atoms with van der Waals surface area (Å²) in [5.74, 6) is 0. The SMILES string of the molecule is CCN(CC)C(C)(C)C(N)Cc1nc(C)c(C)s1. The fraction of sp³-hybridized carbons (Fsp3) is 0.786. The molecule has 1 heterocycles. The summed E-state index contributed by atoms with van der Waals surface area (Å²) in [6.45, 7) is 15.1. The Morgan fingerprint density at radius 3 is 2.22 bits per heavy atom. The lowest BCUT2D eigenvalue weighted by molar-refractivity contribution is 0.106. The van der Waals surface area contributed by atoms with E-state index in [-0.39, 0.29) is 11.6 Å². The Bertz CT molecular complexity index is 361. The van der Waals surface area contributed by atoms with E-state index < -0.39 is 0 Å². The van der Waals surface area contributed by atoms with Crippen LogP contribution in [0.1, 0.15) is 43.3 Å². The predicted octanol–water partition coefficient (Wildman–Crippen LogP) is 2.75. The van der Waals surface area contributed by atoms with Crippen molar-refractivity contribution in [3.8, 4) is 0 Å². The lowest BCUT2D eigenvalue weighted by atomic mass is 9.90. The smallest absolute Gasteiger partial charge is 0.0947 e. The average Bonchev–Trinajstić information content (AvgIpc) is 2.59. The number of thiazole rings is 1. The summed E-state index contributed by atoms with van der Waals surface area (Å²) in [4.78, 5) is 8.32. The Balaban J connectivity index is 2.77. The number of rotatable bonds is 6. The number of likely N-dealkylation sites (N-methyl/N-ethyl adjacent to an activating group) is 1. The van der Waals surface area contributed by atoms with E-state index in [0.717, 1.165) is 30.2 Å². The van der Waals surface area contributed by atoms with Gasteiger partial charge in [-0.25, -0.2) is 4.98 Å². The van der Waals surface area contributed by atoms with Crippen molar-refractivity contribution >= 4 is 11.3 Å². The molecule has 0 fully saturated rings. The maximum absolute atomic E-state index is 6.42. The van der Waals surface area contributed by atoms with Crippen LogP contribution in [0.2, 0.25) is 0 Å². The molecule has 18 heavy (non-hydrogen) atoms. The fourth-order valence-electron chi connectivity index (χ4n) is 2.34. The molecule has 1 rings (SSSR count). The van der Waals surface area contributed by atoms with Crippen LogP contribution in [0.4, 0.5) is 0 Å². The van der Waals surface area contributed by atoms with E-state index in [1.54, 1.807) is 11.3 Å². The van der Waals surface area contributed by atoms with Gasteiger partial charge in [-0.1, -0.05) is 13.8 Å². The molecule has 0 radical (unpaired) electrons. The van der Waals surface area contributed by atoms with Crippen molar-refractivity contribution in [1.29, 1.82) is 0 Å². The van der Waals surface area contributed by atoms with E-state index in [1.807, 2.05) is 0 Å². The number of hydrogen-bond acceptors (Lipinski definition) is 4. The molecule has 0 saturated carbocycles. The number of aromatic nitrogens is 1. The fourth-order valence-corrected chi connectivity index (χ4v) is 3.33. The molecule has 0 saturated heterocycles. The van der Waals surface area contributed by atoms with E-state index in [0.29, 0.717) is 0 Å². The second-order valence-corrected chi connectivity index (χ2v) is 6.67. The Labute approximate surface area is 115 Å². The zero-order valence-corrected chi connectivity index (χ0v) is 13.4. The van der Waals surface area contributed by atoms with Crippen molar-refractivity contribution in [2.24, 2.45) is 5.73 Å². The number of nitrogens with two attached hydrogens (primary N) is 1. The largest absolute Gasteiger partial charge is 0.326 e. The number of aryl methyl sites for hydroxylation is 2. The van der Waals surface area contributed by atoms with Crippen LogP contribution in [0.15, 0.2) is 0 Å². The molecule has 1 aromatic rings. The minimum absolute atomic E-state index is 0.0109. The molecule has 3 nitrogen and oxygen atoms in total. The average molecular weight is 269 g/mol. The first-order chi connectivity index (χ1) is 8.32. The molecular weight excluding hydrogens is 242 g/mol. The van der Waals surface area contributed by atoms with E-state index in [1.165, 1.54) is 4.88 Å². The molecule has 0 bridgehead atoms. The molecule has 1 unspecified atom stereocenters. The van der Waals surface area contributed by atoms with Gasteiger partial charge >= 0.3 is 0 Å². The zero-order valence-electron chi connectivity index (χ0n) is 12.6. The zero-order chi connectivity index (χ0) is 13.9. The van der Waals surface area contributed by atoms with Gasteiger partial charge in [0, 0.05) is 22.9 Å². The number of nitrogens with zero attached hydrogens (tertiary/aromatic N) is 2. The third-order valence-corrected chi connectivity index (χ3v) is 5.05. The summed E-state index contributed by atoms with van der Waals surface area (Å²) < 4.78 is 0. The first-order valence-electron chi connectivity index (χ1n) is 6.76. The highest BCUT2D eigenvalue weighted by molar-refractivity contribution is 7.11. The normalized spacial score (nSPS) is 14.2. The van der Waals surface area contributed by atoms with Gasteiger partial charge in [0.05, 0.1) is 10.7 Å². The first kappa shape index (κ1) is 15.6. The highest BCUT2D eigenvalue weighted by Crippen LogP contribution is 2.23. The van der Waals surface area contributed by atoms with Gasteiger partial charge in [0.2, 0.25) is 0 Å². The van der Waals surface area contributed by atoms with E-state index in [9.17, 15) is 0 Å². The summed E-state index contributed by atoms with van der Waals surface area (Å²) in [5, 5.41) is 1.16. The van der Waals surface area contributed by atoms with Crippen molar-refractivity contribution in [1.82, 2.24) is 9.88 Å². The molecule has 0 spiro atoms. The van der Waals surface area contributed by atoms with Crippen molar-refractivity contribution in [2.45, 2.75) is 59.5 Å². The molecule has 0 aromatic carbocycles. The van der Waals surface area contributed by atoms with Crippen LogP contribution < -0.4 is 5.73 Å². The molecule has 4 heteroatoms. The minimum Gasteiger partial charge on any atom is -0.326 e. The standard InChI is InChI=1S/C14H27N3S/c1-7-17(8-2)14(5,6)12(15)9-13-16-10(3)11(4)18-13/h12H,7-9,15H2,1-6H3. The minimum atomic E-state index is 0.0109. The summed E-state index contributed by atoms with van der Waals surface area (Å²) in [6, 6.07) is 0.113. The molecule has 0 amide bonds. The van der Waals surface area contributed by atoms with Crippen molar-refractivity contribution < 1.29 is 0 Å². The lowest BCUT2D eigenvalue weighted by Crippen LogP contribution is -2.56. The van der Waals surface area contributed by atoms with Crippen LogP contribution in [0, 0.1) is 13.8 Å². The molecule has 1 atom stereocenters. The highest BCUT2D eigenvalue weighted by Gasteiger charge is 2.32. The molecular formula is C14H27N3S. The van der Waals surface area contributed by atoms with Crippen LogP contribution >= 0.6 is 11.3 Å². The van der Waals surface area contributed by atoms with Gasteiger partial charge in [0.15, 0.2) is 0 Å². The van der Waals surface area contributed by atoms with Crippen LogP contribution in [0.25, 0.3) is 0 Å². The van der Waals surface area contributed by atoms with E-state index >= 15 is 0 Å². The topological polar surface area (TPSA) is 42.1 Å². The quantitative estimate of drug-likeness (QED) is 0.863. The first-order valence-corrected chi connectivity index (χ1v) is 7.58. The van der Waals surface area contributed by atoms with E-state index in [4.69, 9.17) is 5.73 Å². The summed E-state index contributed by atoms with van der Waals surface area (Å²) >= 11 is 1.78. The third kappa shape index (κ3) is 3.31. The summed E-state index contributed by atoms with van der Waals surface area (Å²) in [7, 11) is 0. The second-order valence-electron chi connectivity index (χ2n) is 5.39. The second kappa shape index (κ2) is 6.13. The monoisotopic (exact) mass is 269 g/mol. The van der Waals surface area contributed by atoms with Gasteiger partial charge < -0.3 is 5.73 Å². The summed E-state index contributed by atoms with van der Waals surface area (Å²) in [6.07, 6.45) is 0.864. The van der Waals surface area contributed by atoms with Crippen LogP contribution in [-0.2, 0) is 6.42 Å². The van der Waals surface area contributed by atoms with Crippen molar-refractivity contribution in [2.75, 3.05) is 13.1 Å². The molecule has 0 aliphatic carbocycles. The molecule has 0 aliphatic rings. The van der Waals surface area contributed by atoms with Crippen LogP contribution in [0.5, 0.6) is 0 Å².